The first kappa shape index (κ1) is 17.2. The van der Waals surface area contributed by atoms with Crippen LogP contribution < -0.4 is 0 Å². The molecule has 0 aliphatic carbocycles. The average Bonchev–Trinajstić information content (AvgIpc) is 3.09. The molecule has 0 saturated carbocycles. The van der Waals surface area contributed by atoms with E-state index in [1.165, 1.54) is 41.4 Å². The van der Waals surface area contributed by atoms with Gasteiger partial charge in [-0.3, -0.25) is 4.68 Å². The van der Waals surface area contributed by atoms with Crippen LogP contribution in [0.2, 0.25) is 0 Å². The number of piperidine rings is 1. The number of likely N-dealkylation sites (tertiary alicyclic amines) is 1. The van der Waals surface area contributed by atoms with Crippen molar-refractivity contribution in [3.63, 3.8) is 0 Å². The van der Waals surface area contributed by atoms with Crippen LogP contribution in [0.25, 0.3) is 0 Å². The number of hydrogen-bond donors (Lipinski definition) is 0. The molecule has 2 aromatic rings. The highest BCUT2D eigenvalue weighted by Crippen LogP contribution is 2.21. The first-order valence-electron chi connectivity index (χ1n) is 8.07. The topological polar surface area (TPSA) is 34.0 Å². The summed E-state index contributed by atoms with van der Waals surface area (Å²) in [6.45, 7) is 10.9. The Balaban J connectivity index is 0.000000172. The molecule has 1 aliphatic rings. The van der Waals surface area contributed by atoms with Crippen molar-refractivity contribution in [3.8, 4) is 0 Å². The molecule has 2 aromatic heterocycles. The van der Waals surface area contributed by atoms with Crippen LogP contribution in [0.15, 0.2) is 18.6 Å². The van der Waals surface area contributed by atoms with Crippen LogP contribution in [0.4, 0.5) is 0 Å². The van der Waals surface area contributed by atoms with Crippen molar-refractivity contribution in [1.82, 2.24) is 19.7 Å². The van der Waals surface area contributed by atoms with Crippen LogP contribution in [0.5, 0.6) is 0 Å². The summed E-state index contributed by atoms with van der Waals surface area (Å²) in [7, 11) is 2.19. The van der Waals surface area contributed by atoms with Crippen molar-refractivity contribution in [2.75, 3.05) is 20.1 Å². The van der Waals surface area contributed by atoms with Crippen LogP contribution in [-0.4, -0.2) is 39.8 Å². The van der Waals surface area contributed by atoms with Gasteiger partial charge in [0.15, 0.2) is 0 Å². The number of nitrogens with zero attached hydrogens (tertiary/aromatic N) is 4. The third-order valence-electron chi connectivity index (χ3n) is 3.93. The summed E-state index contributed by atoms with van der Waals surface area (Å²) in [6, 6.07) is 0.630. The maximum Gasteiger partial charge on any atom is 0.0952 e. The second-order valence-electron chi connectivity index (χ2n) is 6.50. The Kier molecular flexibility index (Phi) is 6.15. The number of rotatable bonds is 2. The van der Waals surface area contributed by atoms with Gasteiger partial charge in [-0.15, -0.1) is 11.3 Å². The molecule has 3 rings (SSSR count). The SMILES string of the molecule is Cc1cnc(C(C)C)s1.Cc1cnn(C2CCN(C)CC2)c1. The largest absolute Gasteiger partial charge is 0.306 e. The van der Waals surface area contributed by atoms with Gasteiger partial charge in [-0.2, -0.15) is 5.10 Å². The number of aromatic nitrogens is 3. The molecule has 1 saturated heterocycles. The van der Waals surface area contributed by atoms with Crippen LogP contribution in [0, 0.1) is 13.8 Å². The van der Waals surface area contributed by atoms with Crippen molar-refractivity contribution >= 4 is 11.3 Å². The summed E-state index contributed by atoms with van der Waals surface area (Å²) in [5.74, 6) is 0.587. The second kappa shape index (κ2) is 7.88. The van der Waals surface area contributed by atoms with E-state index in [0.29, 0.717) is 12.0 Å². The first-order chi connectivity index (χ1) is 10.5. The fraction of sp³-hybridized carbons (Fsp3) is 0.647. The summed E-state index contributed by atoms with van der Waals surface area (Å²) >= 11 is 1.78. The van der Waals surface area contributed by atoms with Gasteiger partial charge in [0.25, 0.3) is 0 Å². The molecule has 0 atom stereocenters. The standard InChI is InChI=1S/C10H17N3.C7H11NS/c1-9-7-11-13(8-9)10-3-5-12(2)6-4-10;1-5(2)7-8-4-6(3)9-7/h7-8,10H,3-6H2,1-2H3;4-5H,1-3H3. The normalized spacial score (nSPS) is 16.6. The Hall–Kier alpha value is -1.20. The molecule has 0 radical (unpaired) electrons. The Morgan fingerprint density at radius 3 is 2.27 bits per heavy atom. The maximum atomic E-state index is 4.36. The quantitative estimate of drug-likeness (QED) is 0.837. The highest BCUT2D eigenvalue weighted by Gasteiger charge is 2.18. The predicted octanol–water partition coefficient (Wildman–Crippen LogP) is 4.03. The predicted molar refractivity (Wildman–Crippen MR) is 93.7 cm³/mol. The lowest BCUT2D eigenvalue weighted by Crippen LogP contribution is -2.31. The zero-order valence-electron chi connectivity index (χ0n) is 14.4. The van der Waals surface area contributed by atoms with E-state index in [1.54, 1.807) is 11.3 Å². The van der Waals surface area contributed by atoms with Crippen molar-refractivity contribution in [2.45, 2.75) is 52.5 Å². The van der Waals surface area contributed by atoms with Gasteiger partial charge < -0.3 is 4.90 Å². The number of aryl methyl sites for hydroxylation is 2. The van der Waals surface area contributed by atoms with Crippen molar-refractivity contribution in [2.24, 2.45) is 0 Å². The van der Waals surface area contributed by atoms with E-state index in [2.05, 4.69) is 60.6 Å². The third kappa shape index (κ3) is 4.92. The maximum absolute atomic E-state index is 4.36. The van der Waals surface area contributed by atoms with Gasteiger partial charge in [0.1, 0.15) is 0 Å². The molecule has 0 spiro atoms. The van der Waals surface area contributed by atoms with E-state index in [9.17, 15) is 0 Å². The van der Waals surface area contributed by atoms with Crippen LogP contribution in [-0.2, 0) is 0 Å². The van der Waals surface area contributed by atoms with Gasteiger partial charge in [0.2, 0.25) is 0 Å². The van der Waals surface area contributed by atoms with Gasteiger partial charge in [-0.25, -0.2) is 4.98 Å². The molecule has 5 heteroatoms. The van der Waals surface area contributed by atoms with E-state index < -0.39 is 0 Å². The summed E-state index contributed by atoms with van der Waals surface area (Å²) in [5, 5.41) is 5.61. The Bertz CT molecular complexity index is 565. The third-order valence-corrected chi connectivity index (χ3v) is 5.14. The molecule has 4 nitrogen and oxygen atoms in total. The summed E-state index contributed by atoms with van der Waals surface area (Å²) in [5.41, 5.74) is 1.26. The van der Waals surface area contributed by atoms with E-state index in [-0.39, 0.29) is 0 Å². The Morgan fingerprint density at radius 1 is 1.18 bits per heavy atom. The first-order valence-corrected chi connectivity index (χ1v) is 8.89. The van der Waals surface area contributed by atoms with Crippen LogP contribution in [0.3, 0.4) is 0 Å². The molecule has 0 bridgehead atoms. The Labute approximate surface area is 138 Å². The zero-order valence-corrected chi connectivity index (χ0v) is 15.2. The van der Waals surface area contributed by atoms with E-state index in [0.717, 1.165) is 0 Å². The smallest absolute Gasteiger partial charge is 0.0952 e. The minimum Gasteiger partial charge on any atom is -0.306 e. The average molecular weight is 321 g/mol. The van der Waals surface area contributed by atoms with Gasteiger partial charge in [-0.1, -0.05) is 13.8 Å². The van der Waals surface area contributed by atoms with Crippen molar-refractivity contribution in [3.05, 3.63) is 34.0 Å². The molecule has 122 valence electrons. The van der Waals surface area contributed by atoms with E-state index >= 15 is 0 Å². The van der Waals surface area contributed by atoms with Gasteiger partial charge in [0, 0.05) is 23.2 Å². The summed E-state index contributed by atoms with van der Waals surface area (Å²) in [6.07, 6.45) is 8.49. The lowest BCUT2D eigenvalue weighted by atomic mass is 10.1. The van der Waals surface area contributed by atoms with Crippen LogP contribution in [0.1, 0.15) is 54.1 Å². The summed E-state index contributed by atoms with van der Waals surface area (Å²) < 4.78 is 2.13. The fourth-order valence-corrected chi connectivity index (χ4v) is 3.31. The highest BCUT2D eigenvalue weighted by molar-refractivity contribution is 7.11. The van der Waals surface area contributed by atoms with Crippen molar-refractivity contribution in [1.29, 1.82) is 0 Å². The van der Waals surface area contributed by atoms with Gasteiger partial charge in [0.05, 0.1) is 17.2 Å². The molecule has 0 unspecified atom stereocenters. The minimum absolute atomic E-state index is 0.587. The number of thiazole rings is 1. The lowest BCUT2D eigenvalue weighted by molar-refractivity contribution is 0.212. The van der Waals surface area contributed by atoms with Gasteiger partial charge in [-0.05, 0) is 52.4 Å². The molecule has 1 aliphatic heterocycles. The fourth-order valence-electron chi connectivity index (χ4n) is 2.53. The highest BCUT2D eigenvalue weighted by atomic mass is 32.1. The Morgan fingerprint density at radius 2 is 1.86 bits per heavy atom. The van der Waals surface area contributed by atoms with E-state index in [1.807, 2.05) is 12.4 Å². The molecule has 0 aromatic carbocycles. The molecule has 22 heavy (non-hydrogen) atoms. The van der Waals surface area contributed by atoms with Gasteiger partial charge >= 0.3 is 0 Å². The van der Waals surface area contributed by atoms with Crippen LogP contribution >= 0.6 is 11.3 Å². The zero-order chi connectivity index (χ0) is 16.1. The second-order valence-corrected chi connectivity index (χ2v) is 7.76. The minimum atomic E-state index is 0.587. The molecular formula is C17H28N4S. The van der Waals surface area contributed by atoms with Crippen molar-refractivity contribution < 1.29 is 0 Å². The molecule has 3 heterocycles. The molecule has 0 N–H and O–H groups in total. The summed E-state index contributed by atoms with van der Waals surface area (Å²) in [4.78, 5) is 7.92. The lowest BCUT2D eigenvalue weighted by Gasteiger charge is -2.28. The molecule has 1 fully saturated rings. The molecule has 0 amide bonds. The molecular weight excluding hydrogens is 292 g/mol. The van der Waals surface area contributed by atoms with E-state index in [4.69, 9.17) is 0 Å². The number of hydrogen-bond acceptors (Lipinski definition) is 4. The monoisotopic (exact) mass is 320 g/mol.